The lowest BCUT2D eigenvalue weighted by Gasteiger charge is -2.46. The first kappa shape index (κ1) is 36.8. The normalized spacial score (nSPS) is 25.7. The summed E-state index contributed by atoms with van der Waals surface area (Å²) in [5.74, 6) is 0.851. The molecule has 4 atom stereocenters. The van der Waals surface area contributed by atoms with Crippen LogP contribution in [0, 0.1) is 11.3 Å². The zero-order chi connectivity index (χ0) is 36.0. The highest BCUT2D eigenvalue weighted by Gasteiger charge is 2.57. The molecule has 4 aliphatic rings. The fourth-order valence-electron chi connectivity index (χ4n) is 8.99. The second kappa shape index (κ2) is 16.2. The Hall–Kier alpha value is -3.94. The topological polar surface area (TPSA) is 99.1 Å². The molecule has 4 aliphatic carbocycles. The molecule has 0 aromatic heterocycles. The van der Waals surface area contributed by atoms with Gasteiger partial charge in [-0.3, -0.25) is 4.79 Å². The van der Waals surface area contributed by atoms with Gasteiger partial charge in [0.2, 0.25) is 0 Å². The second-order valence-electron chi connectivity index (χ2n) is 15.6. The fraction of sp³-hybridized carbons (Fsp3) is 0.500. The Labute approximate surface area is 304 Å². The summed E-state index contributed by atoms with van der Waals surface area (Å²) in [5, 5.41) is 27.1. The summed E-state index contributed by atoms with van der Waals surface area (Å²) in [5.41, 5.74) is 3.78. The molecule has 7 nitrogen and oxygen atoms in total. The van der Waals surface area contributed by atoms with Crippen molar-refractivity contribution in [1.29, 1.82) is 0 Å². The van der Waals surface area contributed by atoms with Crippen LogP contribution in [-0.4, -0.2) is 52.3 Å². The molecular weight excluding hydrogens is 636 g/mol. The number of nitrogens with one attached hydrogen (secondary N) is 1. The van der Waals surface area contributed by atoms with Crippen LogP contribution in [0.1, 0.15) is 117 Å². The number of hydrogen-bond acceptors (Lipinski definition) is 5. The number of ketones is 1. The van der Waals surface area contributed by atoms with Gasteiger partial charge in [-0.25, -0.2) is 4.79 Å². The average molecular weight is 693 g/mol. The third-order valence-electron chi connectivity index (χ3n) is 12.2. The number of urea groups is 1. The summed E-state index contributed by atoms with van der Waals surface area (Å²) in [6.07, 6.45) is 11.6. The number of nitrogens with zero attached hydrogens (tertiary/aromatic N) is 1. The van der Waals surface area contributed by atoms with Gasteiger partial charge in [-0.2, -0.15) is 0 Å². The third-order valence-corrected chi connectivity index (χ3v) is 12.2. The lowest BCUT2D eigenvalue weighted by Crippen LogP contribution is -2.54. The van der Waals surface area contributed by atoms with Crippen molar-refractivity contribution in [2.45, 2.75) is 115 Å². The number of anilines is 1. The SMILES string of the molecule is COc1ccc(NC(=O)N(Cc2ccccc2)C[C@]2(O)CC[C@H]3c4ccc(cc4C(=O)C4CCCCC4)C[C@@H](O)CCC(C)=CCC[C@@]32C)cc1. The first-order chi connectivity index (χ1) is 24.6. The first-order valence-electron chi connectivity index (χ1n) is 19.1. The lowest BCUT2D eigenvalue weighted by atomic mass is 9.64. The molecule has 3 aromatic rings. The van der Waals surface area contributed by atoms with E-state index >= 15 is 0 Å². The zero-order valence-corrected chi connectivity index (χ0v) is 30.7. The largest absolute Gasteiger partial charge is 0.497 e. The van der Waals surface area contributed by atoms with Gasteiger partial charge in [0.1, 0.15) is 5.75 Å². The van der Waals surface area contributed by atoms with Crippen molar-refractivity contribution < 1.29 is 24.5 Å². The van der Waals surface area contributed by atoms with Crippen LogP contribution in [0.5, 0.6) is 5.75 Å². The van der Waals surface area contributed by atoms with Gasteiger partial charge in [-0.05, 0) is 118 Å². The molecule has 2 bridgehead atoms. The van der Waals surface area contributed by atoms with Gasteiger partial charge < -0.3 is 25.2 Å². The minimum atomic E-state index is -1.22. The van der Waals surface area contributed by atoms with E-state index in [-0.39, 0.29) is 30.2 Å². The number of carbonyl (C=O) groups excluding carboxylic acids is 2. The molecule has 3 N–H and O–H groups in total. The van der Waals surface area contributed by atoms with Crippen LogP contribution in [0.3, 0.4) is 0 Å². The van der Waals surface area contributed by atoms with Gasteiger partial charge in [-0.1, -0.05) is 80.3 Å². The van der Waals surface area contributed by atoms with Crippen LogP contribution in [0.15, 0.2) is 84.4 Å². The fourth-order valence-corrected chi connectivity index (χ4v) is 8.99. The standard InChI is InChI=1S/C44H56N2O5/c1-31-11-10-25-43(2)40(38-23-17-33(27-36(47)20-16-31)28-39(38)41(48)34-14-8-5-9-15-34)24-26-44(43,50)30-46(29-32-12-6-4-7-13-32)42(49)45-35-18-21-37(51-3)22-19-35/h4,6-7,11-13,17-19,21-23,28,34,36,40,47,50H,5,8-10,14-16,20,24-27,29-30H2,1-3H3,(H,45,49)/t36-,40-,43-,44+/m0/s1. The smallest absolute Gasteiger partial charge is 0.322 e. The molecule has 0 heterocycles. The molecule has 2 amide bonds. The molecule has 7 heteroatoms. The molecule has 7 rings (SSSR count). The van der Waals surface area contributed by atoms with Crippen molar-refractivity contribution in [3.63, 3.8) is 0 Å². The highest BCUT2D eigenvalue weighted by Crippen LogP contribution is 2.59. The zero-order valence-electron chi connectivity index (χ0n) is 30.7. The van der Waals surface area contributed by atoms with Gasteiger partial charge >= 0.3 is 6.03 Å². The maximum atomic E-state index is 14.4. The quantitative estimate of drug-likeness (QED) is 0.162. The Morgan fingerprint density at radius 1 is 0.941 bits per heavy atom. The molecule has 3 aromatic carbocycles. The van der Waals surface area contributed by atoms with Crippen molar-refractivity contribution >= 4 is 17.5 Å². The number of Topliss-reactive ketones (excluding diaryl/α,β-unsaturated/α-hetero) is 1. The van der Waals surface area contributed by atoms with Gasteiger partial charge in [0.15, 0.2) is 5.78 Å². The number of fused-ring (bicyclic) bond motifs is 8. The van der Waals surface area contributed by atoms with Crippen LogP contribution >= 0.6 is 0 Å². The molecule has 0 aliphatic heterocycles. The van der Waals surface area contributed by atoms with Gasteiger partial charge in [0.05, 0.1) is 25.4 Å². The molecule has 0 saturated heterocycles. The average Bonchev–Trinajstić information content (AvgIpc) is 3.39. The van der Waals surface area contributed by atoms with E-state index in [1.54, 1.807) is 12.0 Å². The summed E-state index contributed by atoms with van der Waals surface area (Å²) in [6, 6.07) is 23.2. The molecule has 2 fully saturated rings. The molecule has 2 saturated carbocycles. The van der Waals surface area contributed by atoms with Crippen LogP contribution in [-0.2, 0) is 13.0 Å². The van der Waals surface area contributed by atoms with Crippen molar-refractivity contribution in [2.75, 3.05) is 19.0 Å². The Balaban J connectivity index is 1.38. The Bertz CT molecular complexity index is 1680. The molecular formula is C44H56N2O5. The highest BCUT2D eigenvalue weighted by molar-refractivity contribution is 5.99. The number of allylic oxidation sites excluding steroid dienone is 2. The predicted octanol–water partition coefficient (Wildman–Crippen LogP) is 9.23. The van der Waals surface area contributed by atoms with E-state index in [0.717, 1.165) is 60.8 Å². The summed E-state index contributed by atoms with van der Waals surface area (Å²) >= 11 is 0. The molecule has 0 radical (unpaired) electrons. The summed E-state index contributed by atoms with van der Waals surface area (Å²) in [4.78, 5) is 30.3. The highest BCUT2D eigenvalue weighted by atomic mass is 16.5. The van der Waals surface area contributed by atoms with E-state index in [9.17, 15) is 19.8 Å². The van der Waals surface area contributed by atoms with Crippen molar-refractivity contribution in [2.24, 2.45) is 11.3 Å². The number of benzene rings is 3. The van der Waals surface area contributed by atoms with Gasteiger partial charge in [0.25, 0.3) is 0 Å². The van der Waals surface area contributed by atoms with Crippen LogP contribution < -0.4 is 10.1 Å². The molecule has 51 heavy (non-hydrogen) atoms. The van der Waals surface area contributed by atoms with E-state index in [4.69, 9.17) is 4.74 Å². The van der Waals surface area contributed by atoms with Crippen LogP contribution in [0.25, 0.3) is 0 Å². The molecule has 0 unspecified atom stereocenters. The minimum Gasteiger partial charge on any atom is -0.497 e. The predicted molar refractivity (Wildman–Crippen MR) is 203 cm³/mol. The van der Waals surface area contributed by atoms with Crippen molar-refractivity contribution in [3.8, 4) is 5.75 Å². The number of hydrogen-bond donors (Lipinski definition) is 3. The molecule has 0 spiro atoms. The number of aliphatic hydroxyl groups excluding tert-OH is 1. The number of rotatable bonds is 8. The lowest BCUT2D eigenvalue weighted by molar-refractivity contribution is -0.0773. The molecule has 272 valence electrons. The third kappa shape index (κ3) is 8.42. The van der Waals surface area contributed by atoms with E-state index in [0.29, 0.717) is 50.1 Å². The van der Waals surface area contributed by atoms with E-state index in [1.165, 1.54) is 12.0 Å². The van der Waals surface area contributed by atoms with Crippen molar-refractivity contribution in [3.05, 3.63) is 107 Å². The van der Waals surface area contributed by atoms with E-state index in [2.05, 4.69) is 43.4 Å². The minimum absolute atomic E-state index is 0.0108. The monoisotopic (exact) mass is 692 g/mol. The number of ether oxygens (including phenoxy) is 1. The Morgan fingerprint density at radius 2 is 1.69 bits per heavy atom. The van der Waals surface area contributed by atoms with Crippen LogP contribution in [0.2, 0.25) is 0 Å². The summed E-state index contributed by atoms with van der Waals surface area (Å²) in [6.45, 7) is 4.80. The summed E-state index contributed by atoms with van der Waals surface area (Å²) < 4.78 is 5.31. The van der Waals surface area contributed by atoms with Gasteiger partial charge in [0, 0.05) is 29.1 Å². The Kier molecular flexibility index (Phi) is 11.7. The van der Waals surface area contributed by atoms with Crippen LogP contribution in [0.4, 0.5) is 10.5 Å². The van der Waals surface area contributed by atoms with Crippen molar-refractivity contribution in [1.82, 2.24) is 4.90 Å². The van der Waals surface area contributed by atoms with E-state index < -0.39 is 17.1 Å². The van der Waals surface area contributed by atoms with Gasteiger partial charge in [-0.15, -0.1) is 0 Å². The van der Waals surface area contributed by atoms with E-state index in [1.807, 2.05) is 54.6 Å². The maximum absolute atomic E-state index is 14.4. The number of methoxy groups -OCH3 is 1. The summed E-state index contributed by atoms with van der Waals surface area (Å²) in [7, 11) is 1.61. The number of carbonyl (C=O) groups is 2. The first-order valence-corrected chi connectivity index (χ1v) is 19.1. The maximum Gasteiger partial charge on any atom is 0.322 e. The Morgan fingerprint density at radius 3 is 2.41 bits per heavy atom. The number of amides is 2. The number of aliphatic hydroxyl groups is 2. The second-order valence-corrected chi connectivity index (χ2v) is 15.6.